The van der Waals surface area contributed by atoms with E-state index in [0.717, 1.165) is 29.2 Å². The third-order valence-electron chi connectivity index (χ3n) is 2.75. The van der Waals surface area contributed by atoms with Crippen molar-refractivity contribution in [1.82, 2.24) is 4.98 Å². The van der Waals surface area contributed by atoms with Crippen LogP contribution in [0.25, 0.3) is 10.9 Å². The first-order valence-corrected chi connectivity index (χ1v) is 5.41. The number of carbonyl (C=O) groups is 1. The summed E-state index contributed by atoms with van der Waals surface area (Å²) in [5.74, 6) is 0. The summed E-state index contributed by atoms with van der Waals surface area (Å²) in [4.78, 5) is 14.0. The van der Waals surface area contributed by atoms with Crippen LogP contribution in [0.1, 0.15) is 35.7 Å². The first-order valence-electron chi connectivity index (χ1n) is 5.41. The monoisotopic (exact) mass is 201 g/mol. The standard InChI is InChI=1S/C13H15NO/c1-2-3-5-10-6-4-7-12-13(10)11(9-15)8-14-12/h4,6-9,14H,2-3,5H2,1H3. The maximum absolute atomic E-state index is 10.9. The topological polar surface area (TPSA) is 32.9 Å². The van der Waals surface area contributed by atoms with Gasteiger partial charge in [0.25, 0.3) is 0 Å². The van der Waals surface area contributed by atoms with Gasteiger partial charge in [-0.05, 0) is 24.5 Å². The lowest BCUT2D eigenvalue weighted by atomic mass is 10.0. The average Bonchev–Trinajstić information content (AvgIpc) is 2.69. The Hall–Kier alpha value is -1.57. The van der Waals surface area contributed by atoms with Gasteiger partial charge in [0, 0.05) is 22.7 Å². The quantitative estimate of drug-likeness (QED) is 0.756. The molecule has 0 atom stereocenters. The molecule has 1 aromatic carbocycles. The lowest BCUT2D eigenvalue weighted by molar-refractivity contribution is 0.112. The molecule has 0 amide bonds. The molecule has 78 valence electrons. The van der Waals surface area contributed by atoms with E-state index in [0.29, 0.717) is 0 Å². The van der Waals surface area contributed by atoms with Gasteiger partial charge in [-0.25, -0.2) is 0 Å². The van der Waals surface area contributed by atoms with E-state index in [1.54, 1.807) is 6.20 Å². The van der Waals surface area contributed by atoms with Crippen LogP contribution in [0.2, 0.25) is 0 Å². The van der Waals surface area contributed by atoms with Crippen molar-refractivity contribution >= 4 is 17.2 Å². The number of fused-ring (bicyclic) bond motifs is 1. The van der Waals surface area contributed by atoms with Gasteiger partial charge < -0.3 is 4.98 Å². The van der Waals surface area contributed by atoms with Crippen LogP contribution in [-0.4, -0.2) is 11.3 Å². The molecule has 2 rings (SSSR count). The minimum absolute atomic E-state index is 0.775. The Morgan fingerprint density at radius 3 is 3.00 bits per heavy atom. The molecule has 2 heteroatoms. The molecule has 15 heavy (non-hydrogen) atoms. The molecule has 0 saturated heterocycles. The van der Waals surface area contributed by atoms with Crippen molar-refractivity contribution in [1.29, 1.82) is 0 Å². The number of benzene rings is 1. The first-order chi connectivity index (χ1) is 7.36. The van der Waals surface area contributed by atoms with Gasteiger partial charge in [0.15, 0.2) is 6.29 Å². The van der Waals surface area contributed by atoms with Crippen molar-refractivity contribution < 1.29 is 4.79 Å². The molecule has 0 spiro atoms. The van der Waals surface area contributed by atoms with E-state index in [2.05, 4.69) is 18.0 Å². The Labute approximate surface area is 89.3 Å². The number of nitrogens with one attached hydrogen (secondary N) is 1. The summed E-state index contributed by atoms with van der Waals surface area (Å²) in [5.41, 5.74) is 3.11. The Kier molecular flexibility index (Phi) is 2.86. The third kappa shape index (κ3) is 1.80. The zero-order valence-electron chi connectivity index (χ0n) is 8.92. The number of hydrogen-bond acceptors (Lipinski definition) is 1. The number of rotatable bonds is 4. The number of unbranched alkanes of at least 4 members (excludes halogenated alkanes) is 1. The van der Waals surface area contributed by atoms with Crippen molar-refractivity contribution in [2.45, 2.75) is 26.2 Å². The molecule has 0 bridgehead atoms. The highest BCUT2D eigenvalue weighted by molar-refractivity contribution is 5.99. The summed E-state index contributed by atoms with van der Waals surface area (Å²) in [6, 6.07) is 6.16. The van der Waals surface area contributed by atoms with Gasteiger partial charge in [0.1, 0.15) is 0 Å². The van der Waals surface area contributed by atoms with E-state index in [1.807, 2.05) is 12.1 Å². The van der Waals surface area contributed by atoms with Crippen LogP contribution in [0.5, 0.6) is 0 Å². The highest BCUT2D eigenvalue weighted by Crippen LogP contribution is 2.22. The number of aromatic amines is 1. The Morgan fingerprint density at radius 1 is 1.40 bits per heavy atom. The number of H-pyrrole nitrogens is 1. The van der Waals surface area contributed by atoms with Gasteiger partial charge in [-0.3, -0.25) is 4.79 Å². The van der Waals surface area contributed by atoms with Crippen LogP contribution in [0.3, 0.4) is 0 Å². The van der Waals surface area contributed by atoms with Crippen LogP contribution >= 0.6 is 0 Å². The number of aryl methyl sites for hydroxylation is 1. The minimum atomic E-state index is 0.775. The minimum Gasteiger partial charge on any atom is -0.360 e. The van der Waals surface area contributed by atoms with Gasteiger partial charge in [-0.1, -0.05) is 25.5 Å². The largest absolute Gasteiger partial charge is 0.360 e. The molecule has 0 aliphatic rings. The molecule has 2 nitrogen and oxygen atoms in total. The van der Waals surface area contributed by atoms with Gasteiger partial charge in [-0.15, -0.1) is 0 Å². The average molecular weight is 201 g/mol. The van der Waals surface area contributed by atoms with Crippen LogP contribution < -0.4 is 0 Å². The van der Waals surface area contributed by atoms with Gasteiger partial charge in [0.05, 0.1) is 0 Å². The lowest BCUT2D eigenvalue weighted by Crippen LogP contribution is -1.87. The fourth-order valence-electron chi connectivity index (χ4n) is 1.96. The Bertz CT molecular complexity index is 470. The summed E-state index contributed by atoms with van der Waals surface area (Å²) in [6.45, 7) is 2.18. The predicted molar refractivity (Wildman–Crippen MR) is 62.3 cm³/mol. The van der Waals surface area contributed by atoms with Crippen LogP contribution in [-0.2, 0) is 6.42 Å². The molecule has 0 saturated carbocycles. The van der Waals surface area contributed by atoms with E-state index < -0.39 is 0 Å². The van der Waals surface area contributed by atoms with Crippen molar-refractivity contribution in [3.8, 4) is 0 Å². The van der Waals surface area contributed by atoms with Gasteiger partial charge in [-0.2, -0.15) is 0 Å². The number of aldehydes is 1. The second-order valence-corrected chi connectivity index (χ2v) is 3.81. The van der Waals surface area contributed by atoms with Crippen molar-refractivity contribution in [2.24, 2.45) is 0 Å². The second-order valence-electron chi connectivity index (χ2n) is 3.81. The van der Waals surface area contributed by atoms with Crippen LogP contribution in [0.15, 0.2) is 24.4 Å². The molecule has 0 aliphatic heterocycles. The fraction of sp³-hybridized carbons (Fsp3) is 0.308. The highest BCUT2D eigenvalue weighted by Gasteiger charge is 2.06. The summed E-state index contributed by atoms with van der Waals surface area (Å²) in [7, 11) is 0. The maximum Gasteiger partial charge on any atom is 0.152 e. The molecular formula is C13H15NO. The van der Waals surface area contributed by atoms with E-state index in [9.17, 15) is 4.79 Å². The summed E-state index contributed by atoms with van der Waals surface area (Å²) < 4.78 is 0. The summed E-state index contributed by atoms with van der Waals surface area (Å²) in [6.07, 6.45) is 6.10. The van der Waals surface area contributed by atoms with E-state index >= 15 is 0 Å². The lowest BCUT2D eigenvalue weighted by Gasteiger charge is -2.02. The maximum atomic E-state index is 10.9. The van der Waals surface area contributed by atoms with Gasteiger partial charge >= 0.3 is 0 Å². The van der Waals surface area contributed by atoms with E-state index in [-0.39, 0.29) is 0 Å². The van der Waals surface area contributed by atoms with Gasteiger partial charge in [0.2, 0.25) is 0 Å². The first kappa shape index (κ1) is 9.97. The Morgan fingerprint density at radius 2 is 2.27 bits per heavy atom. The molecule has 1 heterocycles. The van der Waals surface area contributed by atoms with E-state index in [1.165, 1.54) is 18.4 Å². The van der Waals surface area contributed by atoms with Crippen molar-refractivity contribution in [3.63, 3.8) is 0 Å². The van der Waals surface area contributed by atoms with Crippen molar-refractivity contribution in [2.75, 3.05) is 0 Å². The molecule has 1 N–H and O–H groups in total. The predicted octanol–water partition coefficient (Wildman–Crippen LogP) is 3.32. The molecule has 1 aromatic heterocycles. The normalized spacial score (nSPS) is 10.7. The van der Waals surface area contributed by atoms with Crippen molar-refractivity contribution in [3.05, 3.63) is 35.5 Å². The molecule has 0 radical (unpaired) electrons. The number of hydrogen-bond donors (Lipinski definition) is 1. The molecule has 0 aliphatic carbocycles. The Balaban J connectivity index is 2.51. The summed E-state index contributed by atoms with van der Waals surface area (Å²) >= 11 is 0. The highest BCUT2D eigenvalue weighted by atomic mass is 16.1. The smallest absolute Gasteiger partial charge is 0.152 e. The van der Waals surface area contributed by atoms with Crippen LogP contribution in [0.4, 0.5) is 0 Å². The molecular weight excluding hydrogens is 186 g/mol. The molecule has 0 unspecified atom stereocenters. The zero-order chi connectivity index (χ0) is 10.7. The number of aromatic nitrogens is 1. The fourth-order valence-corrected chi connectivity index (χ4v) is 1.96. The number of carbonyl (C=O) groups excluding carboxylic acids is 1. The second kappa shape index (κ2) is 4.30. The zero-order valence-corrected chi connectivity index (χ0v) is 8.92. The molecule has 0 fully saturated rings. The van der Waals surface area contributed by atoms with E-state index in [4.69, 9.17) is 0 Å². The van der Waals surface area contributed by atoms with Crippen LogP contribution in [0, 0.1) is 0 Å². The summed E-state index contributed by atoms with van der Waals surface area (Å²) in [5, 5.41) is 1.10. The third-order valence-corrected chi connectivity index (χ3v) is 2.75. The molecule has 2 aromatic rings. The SMILES string of the molecule is CCCCc1cccc2[nH]cc(C=O)c12.